The van der Waals surface area contributed by atoms with Crippen molar-refractivity contribution < 1.29 is 4.42 Å². The summed E-state index contributed by atoms with van der Waals surface area (Å²) >= 11 is 0. The minimum Gasteiger partial charge on any atom is -0.456 e. The van der Waals surface area contributed by atoms with Crippen LogP contribution in [-0.2, 0) is 0 Å². The van der Waals surface area contributed by atoms with Crippen molar-refractivity contribution in [3.05, 3.63) is 194 Å². The molecule has 10 aromatic rings. The third kappa shape index (κ3) is 5.65. The number of hydrogen-bond donors (Lipinski definition) is 0. The summed E-state index contributed by atoms with van der Waals surface area (Å²) in [6.07, 6.45) is 0. The van der Waals surface area contributed by atoms with E-state index in [0.717, 1.165) is 72.3 Å². The summed E-state index contributed by atoms with van der Waals surface area (Å²) < 4.78 is 6.40. The van der Waals surface area contributed by atoms with Gasteiger partial charge in [-0.25, -0.2) is 9.97 Å². The SMILES string of the molecule is c1ccc(-c2cc(-c3cc(-c4ccc5oc6ccc7ccccc7c6c5c4)cc(-c4ccccc4-c4ccccc4)c3)nc(-c3ccccc3)n2)cc1. The maximum Gasteiger partial charge on any atom is 0.160 e. The van der Waals surface area contributed by atoms with Crippen molar-refractivity contribution in [3.63, 3.8) is 0 Å². The molecule has 53 heavy (non-hydrogen) atoms. The lowest BCUT2D eigenvalue weighted by molar-refractivity contribution is 0.669. The molecule has 0 aliphatic heterocycles. The highest BCUT2D eigenvalue weighted by molar-refractivity contribution is 6.19. The van der Waals surface area contributed by atoms with Gasteiger partial charge in [0.2, 0.25) is 0 Å². The van der Waals surface area contributed by atoms with E-state index >= 15 is 0 Å². The fourth-order valence-corrected chi connectivity index (χ4v) is 7.50. The van der Waals surface area contributed by atoms with E-state index < -0.39 is 0 Å². The quantitative estimate of drug-likeness (QED) is 0.176. The van der Waals surface area contributed by atoms with Crippen LogP contribution in [0.2, 0.25) is 0 Å². The van der Waals surface area contributed by atoms with Crippen molar-refractivity contribution in [1.29, 1.82) is 0 Å². The first-order valence-corrected chi connectivity index (χ1v) is 17.9. The van der Waals surface area contributed by atoms with Crippen LogP contribution in [0.15, 0.2) is 199 Å². The Labute approximate surface area is 307 Å². The first kappa shape index (κ1) is 30.7. The Morgan fingerprint density at radius 1 is 0.321 bits per heavy atom. The van der Waals surface area contributed by atoms with Crippen LogP contribution in [0, 0.1) is 0 Å². The first-order chi connectivity index (χ1) is 26.2. The van der Waals surface area contributed by atoms with Gasteiger partial charge in [0.25, 0.3) is 0 Å². The molecule has 0 saturated carbocycles. The summed E-state index contributed by atoms with van der Waals surface area (Å²) in [6, 6.07) is 68.1. The molecule has 0 saturated heterocycles. The van der Waals surface area contributed by atoms with Crippen LogP contribution in [0.5, 0.6) is 0 Å². The van der Waals surface area contributed by atoms with E-state index in [4.69, 9.17) is 14.4 Å². The lowest BCUT2D eigenvalue weighted by atomic mass is 9.90. The second-order valence-electron chi connectivity index (χ2n) is 13.4. The molecule has 0 amide bonds. The Kier molecular flexibility index (Phi) is 7.47. The van der Waals surface area contributed by atoms with Crippen LogP contribution in [0.3, 0.4) is 0 Å². The molecular weight excluding hydrogens is 645 g/mol. The van der Waals surface area contributed by atoms with E-state index in [1.54, 1.807) is 0 Å². The minimum absolute atomic E-state index is 0.691. The summed E-state index contributed by atoms with van der Waals surface area (Å²) in [4.78, 5) is 10.3. The molecule has 2 heterocycles. The zero-order valence-corrected chi connectivity index (χ0v) is 28.8. The molecule has 10 rings (SSSR count). The van der Waals surface area contributed by atoms with Gasteiger partial charge >= 0.3 is 0 Å². The number of benzene rings is 8. The Morgan fingerprint density at radius 3 is 1.64 bits per heavy atom. The minimum atomic E-state index is 0.691. The monoisotopic (exact) mass is 676 g/mol. The molecule has 0 aliphatic carbocycles. The highest BCUT2D eigenvalue weighted by Gasteiger charge is 2.17. The smallest absolute Gasteiger partial charge is 0.160 e. The fourth-order valence-electron chi connectivity index (χ4n) is 7.50. The summed E-state index contributed by atoms with van der Waals surface area (Å²) in [7, 11) is 0. The molecule has 0 unspecified atom stereocenters. The predicted octanol–water partition coefficient (Wildman–Crippen LogP) is 13.5. The van der Waals surface area contributed by atoms with Crippen molar-refractivity contribution in [2.45, 2.75) is 0 Å². The average Bonchev–Trinajstić information content (AvgIpc) is 3.63. The van der Waals surface area contributed by atoms with E-state index in [1.807, 2.05) is 24.3 Å². The van der Waals surface area contributed by atoms with Gasteiger partial charge in [-0.3, -0.25) is 0 Å². The summed E-state index contributed by atoms with van der Waals surface area (Å²) in [5, 5.41) is 4.63. The normalized spacial score (nSPS) is 11.4. The molecule has 248 valence electrons. The molecule has 3 nitrogen and oxygen atoms in total. The maximum atomic E-state index is 6.40. The molecule has 0 atom stereocenters. The number of aromatic nitrogens is 2. The van der Waals surface area contributed by atoms with Crippen molar-refractivity contribution >= 4 is 32.7 Å². The van der Waals surface area contributed by atoms with Gasteiger partial charge in [0.1, 0.15) is 11.2 Å². The summed E-state index contributed by atoms with van der Waals surface area (Å²) in [5.74, 6) is 0.691. The Hall–Kier alpha value is -7.10. The molecule has 0 spiro atoms. The number of furan rings is 1. The van der Waals surface area contributed by atoms with Crippen LogP contribution in [0.1, 0.15) is 0 Å². The van der Waals surface area contributed by atoms with Crippen LogP contribution in [0.4, 0.5) is 0 Å². The van der Waals surface area contributed by atoms with Crippen LogP contribution < -0.4 is 0 Å². The van der Waals surface area contributed by atoms with E-state index in [2.05, 4.69) is 170 Å². The van der Waals surface area contributed by atoms with Gasteiger partial charge in [-0.05, 0) is 86.6 Å². The average molecular weight is 677 g/mol. The van der Waals surface area contributed by atoms with Crippen molar-refractivity contribution in [2.24, 2.45) is 0 Å². The molecule has 0 bridgehead atoms. The largest absolute Gasteiger partial charge is 0.456 e. The highest BCUT2D eigenvalue weighted by Crippen LogP contribution is 2.41. The molecule has 0 radical (unpaired) electrons. The lowest BCUT2D eigenvalue weighted by Crippen LogP contribution is -1.96. The molecule has 8 aromatic carbocycles. The van der Waals surface area contributed by atoms with Gasteiger partial charge in [-0.1, -0.05) is 152 Å². The Morgan fingerprint density at radius 2 is 0.887 bits per heavy atom. The molecule has 0 aliphatic rings. The van der Waals surface area contributed by atoms with Gasteiger partial charge < -0.3 is 4.42 Å². The Balaban J connectivity index is 1.23. The molecular formula is C50H32N2O. The topological polar surface area (TPSA) is 38.9 Å². The predicted molar refractivity (Wildman–Crippen MR) is 219 cm³/mol. The molecule has 0 fully saturated rings. The van der Waals surface area contributed by atoms with E-state index in [9.17, 15) is 0 Å². The van der Waals surface area contributed by atoms with E-state index in [1.165, 1.54) is 21.9 Å². The molecule has 3 heteroatoms. The van der Waals surface area contributed by atoms with Gasteiger partial charge in [0.15, 0.2) is 5.82 Å². The van der Waals surface area contributed by atoms with Gasteiger partial charge in [0.05, 0.1) is 11.4 Å². The molecule has 0 N–H and O–H groups in total. The van der Waals surface area contributed by atoms with Gasteiger partial charge in [0, 0.05) is 27.5 Å². The van der Waals surface area contributed by atoms with E-state index in [0.29, 0.717) is 5.82 Å². The van der Waals surface area contributed by atoms with Crippen molar-refractivity contribution in [2.75, 3.05) is 0 Å². The van der Waals surface area contributed by atoms with E-state index in [-0.39, 0.29) is 0 Å². The number of hydrogen-bond acceptors (Lipinski definition) is 3. The zero-order chi connectivity index (χ0) is 35.1. The van der Waals surface area contributed by atoms with Gasteiger partial charge in [-0.15, -0.1) is 0 Å². The third-order valence-corrected chi connectivity index (χ3v) is 10.1. The van der Waals surface area contributed by atoms with Gasteiger partial charge in [-0.2, -0.15) is 0 Å². The summed E-state index contributed by atoms with van der Waals surface area (Å²) in [5.41, 5.74) is 13.4. The maximum absolute atomic E-state index is 6.40. The third-order valence-electron chi connectivity index (χ3n) is 10.1. The van der Waals surface area contributed by atoms with Crippen LogP contribution >= 0.6 is 0 Å². The lowest BCUT2D eigenvalue weighted by Gasteiger charge is -2.15. The van der Waals surface area contributed by atoms with Crippen LogP contribution in [-0.4, -0.2) is 9.97 Å². The number of fused-ring (bicyclic) bond motifs is 5. The van der Waals surface area contributed by atoms with Crippen molar-refractivity contribution in [3.8, 4) is 67.3 Å². The summed E-state index contributed by atoms with van der Waals surface area (Å²) in [6.45, 7) is 0. The Bertz CT molecular complexity index is 2870. The number of nitrogens with zero attached hydrogens (tertiary/aromatic N) is 2. The first-order valence-electron chi connectivity index (χ1n) is 17.9. The zero-order valence-electron chi connectivity index (χ0n) is 28.8. The van der Waals surface area contributed by atoms with Crippen LogP contribution in [0.25, 0.3) is 100.0 Å². The fraction of sp³-hybridized carbons (Fsp3) is 0. The second-order valence-corrected chi connectivity index (χ2v) is 13.4. The standard InChI is InChI=1S/C50H32N2O/c1-4-14-33(15-5-1)41-21-12-13-22-42(41)39-28-38(37-25-26-47-44(31-37)49-43-23-11-10-16-34(43)24-27-48(49)53-47)29-40(30-39)46-32-45(35-17-6-2-7-18-35)51-50(52-46)36-19-8-3-9-20-36/h1-32H. The second kappa shape index (κ2) is 12.9. The highest BCUT2D eigenvalue weighted by atomic mass is 16.3. The van der Waals surface area contributed by atoms with Crippen molar-refractivity contribution in [1.82, 2.24) is 9.97 Å². The number of rotatable bonds is 6. The molecule has 2 aromatic heterocycles.